The van der Waals surface area contributed by atoms with E-state index in [0.717, 1.165) is 41.3 Å². The highest BCUT2D eigenvalue weighted by atomic mass is 16.5. The Morgan fingerprint density at radius 3 is 2.79 bits per heavy atom. The molecule has 1 atom stereocenters. The zero-order valence-corrected chi connectivity index (χ0v) is 14.0. The summed E-state index contributed by atoms with van der Waals surface area (Å²) in [5.41, 5.74) is 8.78. The van der Waals surface area contributed by atoms with Gasteiger partial charge >= 0.3 is 0 Å². The number of benzene rings is 1. The second kappa shape index (κ2) is 7.31. The second-order valence-electron chi connectivity index (χ2n) is 5.59. The minimum Gasteiger partial charge on any atom is -0.497 e. The fourth-order valence-corrected chi connectivity index (χ4v) is 2.92. The molecule has 0 fully saturated rings. The molecule has 0 saturated carbocycles. The average molecular weight is 326 g/mol. The molecule has 6 heteroatoms. The number of rotatable bonds is 6. The topological polar surface area (TPSA) is 73.0 Å². The van der Waals surface area contributed by atoms with Gasteiger partial charge in [0, 0.05) is 30.6 Å². The number of nitrogens with two attached hydrogens (primary N) is 1. The van der Waals surface area contributed by atoms with Crippen molar-refractivity contribution in [3.8, 4) is 11.5 Å². The Morgan fingerprint density at radius 2 is 2.12 bits per heavy atom. The number of aromatic nitrogens is 1. The molecule has 1 unspecified atom stereocenters. The largest absolute Gasteiger partial charge is 0.497 e. The van der Waals surface area contributed by atoms with Crippen LogP contribution in [-0.2, 0) is 0 Å². The standard InChI is InChI=1S/C18H22N4O2/c1-23-15-5-6-18(24-2)17(11-15)22-16(10-14(21-22)7-8-19)13-4-3-9-20-12-13/h3-6,9,11-12,16H,7-8,10,19H2,1-2H3. The van der Waals surface area contributed by atoms with Crippen molar-refractivity contribution in [2.75, 3.05) is 25.8 Å². The van der Waals surface area contributed by atoms with Crippen LogP contribution in [0.15, 0.2) is 47.8 Å². The van der Waals surface area contributed by atoms with Crippen LogP contribution in [0.3, 0.4) is 0 Å². The van der Waals surface area contributed by atoms with E-state index in [2.05, 4.69) is 11.1 Å². The van der Waals surface area contributed by atoms with E-state index in [4.69, 9.17) is 20.3 Å². The third-order valence-corrected chi connectivity index (χ3v) is 4.11. The molecule has 1 aliphatic heterocycles. The first-order valence-electron chi connectivity index (χ1n) is 7.94. The summed E-state index contributed by atoms with van der Waals surface area (Å²) in [5, 5.41) is 6.79. The van der Waals surface area contributed by atoms with Crippen molar-refractivity contribution >= 4 is 11.4 Å². The van der Waals surface area contributed by atoms with Crippen molar-refractivity contribution in [3.05, 3.63) is 48.3 Å². The predicted octanol–water partition coefficient (Wildman–Crippen LogP) is 2.76. The lowest BCUT2D eigenvalue weighted by Gasteiger charge is -2.25. The molecule has 3 rings (SSSR count). The Bertz CT molecular complexity index is 718. The second-order valence-corrected chi connectivity index (χ2v) is 5.59. The van der Waals surface area contributed by atoms with Gasteiger partial charge in [0.15, 0.2) is 0 Å². The minimum absolute atomic E-state index is 0.0706. The number of pyridine rings is 1. The normalized spacial score (nSPS) is 16.9. The molecule has 2 heterocycles. The van der Waals surface area contributed by atoms with E-state index in [-0.39, 0.29) is 6.04 Å². The molecule has 24 heavy (non-hydrogen) atoms. The molecule has 0 aliphatic carbocycles. The maximum Gasteiger partial charge on any atom is 0.144 e. The first-order valence-corrected chi connectivity index (χ1v) is 7.94. The van der Waals surface area contributed by atoms with Crippen LogP contribution in [0.1, 0.15) is 24.4 Å². The molecular weight excluding hydrogens is 304 g/mol. The lowest BCUT2D eigenvalue weighted by molar-refractivity contribution is 0.402. The van der Waals surface area contributed by atoms with Gasteiger partial charge < -0.3 is 15.2 Å². The lowest BCUT2D eigenvalue weighted by atomic mass is 10.0. The van der Waals surface area contributed by atoms with Gasteiger partial charge in [-0.15, -0.1) is 0 Å². The van der Waals surface area contributed by atoms with Gasteiger partial charge in [-0.05, 0) is 36.7 Å². The van der Waals surface area contributed by atoms with Crippen LogP contribution in [0, 0.1) is 0 Å². The molecule has 1 aromatic heterocycles. The Labute approximate surface area is 141 Å². The van der Waals surface area contributed by atoms with Crippen molar-refractivity contribution < 1.29 is 9.47 Å². The smallest absolute Gasteiger partial charge is 0.144 e. The maximum absolute atomic E-state index is 5.72. The van der Waals surface area contributed by atoms with Crippen LogP contribution < -0.4 is 20.2 Å². The Balaban J connectivity index is 2.04. The summed E-state index contributed by atoms with van der Waals surface area (Å²) < 4.78 is 10.9. The quantitative estimate of drug-likeness (QED) is 0.883. The summed E-state index contributed by atoms with van der Waals surface area (Å²) >= 11 is 0. The van der Waals surface area contributed by atoms with Crippen molar-refractivity contribution in [2.24, 2.45) is 10.8 Å². The Kier molecular flexibility index (Phi) is 4.96. The maximum atomic E-state index is 5.72. The van der Waals surface area contributed by atoms with E-state index >= 15 is 0 Å². The van der Waals surface area contributed by atoms with Gasteiger partial charge in [-0.25, -0.2) is 0 Å². The molecule has 1 aliphatic rings. The zero-order chi connectivity index (χ0) is 16.9. The number of nitrogens with zero attached hydrogens (tertiary/aromatic N) is 3. The molecule has 0 radical (unpaired) electrons. The molecule has 2 N–H and O–H groups in total. The summed E-state index contributed by atoms with van der Waals surface area (Å²) in [5.74, 6) is 1.51. The molecule has 0 saturated heterocycles. The summed E-state index contributed by atoms with van der Waals surface area (Å²) in [6.07, 6.45) is 5.25. The van der Waals surface area contributed by atoms with Gasteiger partial charge in [-0.1, -0.05) is 6.07 Å². The zero-order valence-electron chi connectivity index (χ0n) is 14.0. The number of hydrazone groups is 1. The highest BCUT2D eigenvalue weighted by molar-refractivity contribution is 5.89. The van der Waals surface area contributed by atoms with Crippen LogP contribution in [0.4, 0.5) is 5.69 Å². The summed E-state index contributed by atoms with van der Waals surface area (Å²) in [7, 11) is 3.31. The van der Waals surface area contributed by atoms with Gasteiger partial charge in [-0.3, -0.25) is 9.99 Å². The van der Waals surface area contributed by atoms with Crippen LogP contribution in [-0.4, -0.2) is 31.5 Å². The third-order valence-electron chi connectivity index (χ3n) is 4.11. The molecule has 2 aromatic rings. The van der Waals surface area contributed by atoms with Crippen LogP contribution in [0.5, 0.6) is 11.5 Å². The summed E-state index contributed by atoms with van der Waals surface area (Å²) in [4.78, 5) is 4.25. The lowest BCUT2D eigenvalue weighted by Crippen LogP contribution is -2.19. The van der Waals surface area contributed by atoms with Crippen molar-refractivity contribution in [2.45, 2.75) is 18.9 Å². The SMILES string of the molecule is COc1ccc(OC)c(N2N=C(CCN)CC2c2cccnc2)c1. The average Bonchev–Trinajstić information content (AvgIpc) is 3.06. The molecule has 126 valence electrons. The number of methoxy groups -OCH3 is 2. The molecule has 0 amide bonds. The van der Waals surface area contributed by atoms with Gasteiger partial charge in [0.25, 0.3) is 0 Å². The highest BCUT2D eigenvalue weighted by Crippen LogP contribution is 2.41. The van der Waals surface area contributed by atoms with Gasteiger partial charge in [0.2, 0.25) is 0 Å². The fourth-order valence-electron chi connectivity index (χ4n) is 2.92. The monoisotopic (exact) mass is 326 g/mol. The van der Waals surface area contributed by atoms with Crippen molar-refractivity contribution in [3.63, 3.8) is 0 Å². The van der Waals surface area contributed by atoms with Crippen molar-refractivity contribution in [1.29, 1.82) is 0 Å². The van der Waals surface area contributed by atoms with E-state index in [9.17, 15) is 0 Å². The number of hydrogen-bond acceptors (Lipinski definition) is 6. The van der Waals surface area contributed by atoms with Gasteiger partial charge in [-0.2, -0.15) is 5.10 Å². The van der Waals surface area contributed by atoms with E-state index in [1.807, 2.05) is 35.5 Å². The van der Waals surface area contributed by atoms with Gasteiger partial charge in [0.05, 0.1) is 20.3 Å². The molecule has 6 nitrogen and oxygen atoms in total. The molecule has 0 bridgehead atoms. The first-order chi connectivity index (χ1) is 11.8. The summed E-state index contributed by atoms with van der Waals surface area (Å²) in [6.45, 7) is 0.585. The van der Waals surface area contributed by atoms with Crippen LogP contribution in [0.2, 0.25) is 0 Å². The summed E-state index contributed by atoms with van der Waals surface area (Å²) in [6, 6.07) is 9.79. The van der Waals surface area contributed by atoms with Crippen LogP contribution >= 0.6 is 0 Å². The number of hydrogen-bond donors (Lipinski definition) is 1. The molecule has 1 aromatic carbocycles. The fraction of sp³-hybridized carbons (Fsp3) is 0.333. The van der Waals surface area contributed by atoms with E-state index in [0.29, 0.717) is 6.54 Å². The van der Waals surface area contributed by atoms with E-state index < -0.39 is 0 Å². The van der Waals surface area contributed by atoms with Crippen molar-refractivity contribution in [1.82, 2.24) is 4.98 Å². The highest BCUT2D eigenvalue weighted by Gasteiger charge is 2.31. The minimum atomic E-state index is 0.0706. The van der Waals surface area contributed by atoms with Crippen LogP contribution in [0.25, 0.3) is 0 Å². The van der Waals surface area contributed by atoms with E-state index in [1.165, 1.54) is 0 Å². The Morgan fingerprint density at radius 1 is 1.25 bits per heavy atom. The van der Waals surface area contributed by atoms with E-state index in [1.54, 1.807) is 20.4 Å². The molecular formula is C18H22N4O2. The third kappa shape index (κ3) is 3.19. The first kappa shape index (κ1) is 16.3. The number of anilines is 1. The molecule has 0 spiro atoms. The Hall–Kier alpha value is -2.60. The number of ether oxygens (including phenoxy) is 2. The van der Waals surface area contributed by atoms with Gasteiger partial charge in [0.1, 0.15) is 17.2 Å². The predicted molar refractivity (Wildman–Crippen MR) is 94.7 cm³/mol.